The molecule has 0 fully saturated rings. The van der Waals surface area contributed by atoms with Crippen molar-refractivity contribution in [2.45, 2.75) is 46.1 Å². The molecule has 1 aromatic heterocycles. The van der Waals surface area contributed by atoms with Crippen LogP contribution in [0, 0.1) is 0 Å². The van der Waals surface area contributed by atoms with E-state index in [0.29, 0.717) is 5.92 Å². The smallest absolute Gasteiger partial charge is 0.0975 e. The Kier molecular flexibility index (Phi) is 6.40. The fourth-order valence-electron chi connectivity index (χ4n) is 2.27. The van der Waals surface area contributed by atoms with Gasteiger partial charge in [-0.2, -0.15) is 0 Å². The Morgan fingerprint density at radius 3 is 2.81 bits per heavy atom. The first-order valence-electron chi connectivity index (χ1n) is 7.53. The van der Waals surface area contributed by atoms with Gasteiger partial charge < -0.3 is 5.32 Å². The van der Waals surface area contributed by atoms with E-state index in [2.05, 4.69) is 66.3 Å². The highest BCUT2D eigenvalue weighted by molar-refractivity contribution is 9.10. The predicted molar refractivity (Wildman–Crippen MR) is 95.1 cm³/mol. The quantitative estimate of drug-likeness (QED) is 0.687. The van der Waals surface area contributed by atoms with E-state index < -0.39 is 0 Å². The van der Waals surface area contributed by atoms with Gasteiger partial charge in [0.1, 0.15) is 0 Å². The largest absolute Gasteiger partial charge is 0.312 e. The van der Waals surface area contributed by atoms with Gasteiger partial charge in [-0.3, -0.25) is 0 Å². The molecule has 0 aliphatic rings. The van der Waals surface area contributed by atoms with Crippen molar-refractivity contribution < 1.29 is 0 Å². The lowest BCUT2D eigenvalue weighted by Crippen LogP contribution is -2.14. The Balaban J connectivity index is 2.14. The van der Waals surface area contributed by atoms with Gasteiger partial charge in [-0.1, -0.05) is 48.8 Å². The van der Waals surface area contributed by atoms with Crippen molar-refractivity contribution in [3.8, 4) is 0 Å². The van der Waals surface area contributed by atoms with E-state index in [1.807, 2.05) is 11.3 Å². The van der Waals surface area contributed by atoms with E-state index >= 15 is 0 Å². The molecule has 1 heterocycles. The number of hydrogen-bond acceptors (Lipinski definition) is 3. The van der Waals surface area contributed by atoms with E-state index in [-0.39, 0.29) is 0 Å². The Labute approximate surface area is 140 Å². The average Bonchev–Trinajstić information content (AvgIpc) is 2.82. The van der Waals surface area contributed by atoms with E-state index in [1.165, 1.54) is 27.6 Å². The SMILES string of the molecule is CCCNCc1sc(Cc2cccc(Br)c2)nc1C(C)C. The first kappa shape index (κ1) is 16.7. The van der Waals surface area contributed by atoms with Crippen molar-refractivity contribution >= 4 is 27.3 Å². The molecule has 0 spiro atoms. The van der Waals surface area contributed by atoms with Gasteiger partial charge >= 0.3 is 0 Å². The molecular formula is C17H23BrN2S. The van der Waals surface area contributed by atoms with Crippen molar-refractivity contribution in [3.05, 3.63) is 49.9 Å². The minimum absolute atomic E-state index is 0.482. The zero-order chi connectivity index (χ0) is 15.2. The van der Waals surface area contributed by atoms with Gasteiger partial charge in [0.25, 0.3) is 0 Å². The van der Waals surface area contributed by atoms with E-state index in [1.54, 1.807) is 0 Å². The zero-order valence-corrected chi connectivity index (χ0v) is 15.4. The summed E-state index contributed by atoms with van der Waals surface area (Å²) in [6.45, 7) is 8.65. The Bertz CT molecular complexity index is 578. The molecule has 0 amide bonds. The number of nitrogens with zero attached hydrogens (tertiary/aromatic N) is 1. The van der Waals surface area contributed by atoms with Crippen LogP contribution in [0.25, 0.3) is 0 Å². The summed E-state index contributed by atoms with van der Waals surface area (Å²) in [4.78, 5) is 6.27. The van der Waals surface area contributed by atoms with E-state index in [9.17, 15) is 0 Å². The summed E-state index contributed by atoms with van der Waals surface area (Å²) < 4.78 is 1.13. The topological polar surface area (TPSA) is 24.9 Å². The monoisotopic (exact) mass is 366 g/mol. The maximum Gasteiger partial charge on any atom is 0.0975 e. The van der Waals surface area contributed by atoms with Gasteiger partial charge in [-0.15, -0.1) is 11.3 Å². The molecule has 0 saturated heterocycles. The van der Waals surface area contributed by atoms with Crippen molar-refractivity contribution in [1.29, 1.82) is 0 Å². The lowest BCUT2D eigenvalue weighted by atomic mass is 10.1. The second-order valence-corrected chi connectivity index (χ2v) is 7.64. The third-order valence-electron chi connectivity index (χ3n) is 3.28. The maximum absolute atomic E-state index is 4.88. The zero-order valence-electron chi connectivity index (χ0n) is 12.9. The normalized spacial score (nSPS) is 11.3. The molecule has 1 aromatic carbocycles. The van der Waals surface area contributed by atoms with Crippen LogP contribution < -0.4 is 5.32 Å². The first-order valence-corrected chi connectivity index (χ1v) is 9.14. The van der Waals surface area contributed by atoms with Crippen LogP contribution >= 0.6 is 27.3 Å². The fourth-order valence-corrected chi connectivity index (χ4v) is 3.94. The fraction of sp³-hybridized carbons (Fsp3) is 0.471. The molecule has 2 rings (SSSR count). The number of halogens is 1. The number of benzene rings is 1. The van der Waals surface area contributed by atoms with Gasteiger partial charge in [0, 0.05) is 22.3 Å². The summed E-state index contributed by atoms with van der Waals surface area (Å²) in [7, 11) is 0. The Morgan fingerprint density at radius 2 is 2.14 bits per heavy atom. The number of hydrogen-bond donors (Lipinski definition) is 1. The summed E-state index contributed by atoms with van der Waals surface area (Å²) in [6.07, 6.45) is 2.08. The second kappa shape index (κ2) is 8.06. The molecule has 21 heavy (non-hydrogen) atoms. The van der Waals surface area contributed by atoms with Crippen LogP contribution in [0.5, 0.6) is 0 Å². The lowest BCUT2D eigenvalue weighted by Gasteiger charge is -2.05. The standard InChI is InChI=1S/C17H23BrN2S/c1-4-8-19-11-15-17(12(2)3)20-16(21-15)10-13-6-5-7-14(18)9-13/h5-7,9,12,19H,4,8,10-11H2,1-3H3. The average molecular weight is 367 g/mol. The Morgan fingerprint density at radius 1 is 1.33 bits per heavy atom. The Hall–Kier alpha value is -0.710. The van der Waals surface area contributed by atoms with Gasteiger partial charge in [-0.05, 0) is 36.6 Å². The summed E-state index contributed by atoms with van der Waals surface area (Å²) in [5.74, 6) is 0.482. The van der Waals surface area contributed by atoms with Gasteiger partial charge in [0.15, 0.2) is 0 Å². The summed E-state index contributed by atoms with van der Waals surface area (Å²) in [5.41, 5.74) is 2.56. The maximum atomic E-state index is 4.88. The molecule has 2 aromatic rings. The molecule has 0 aliphatic heterocycles. The summed E-state index contributed by atoms with van der Waals surface area (Å²) in [6, 6.07) is 8.48. The third kappa shape index (κ3) is 4.90. The van der Waals surface area contributed by atoms with Gasteiger partial charge in [-0.25, -0.2) is 4.98 Å². The summed E-state index contributed by atoms with van der Waals surface area (Å²) in [5, 5.41) is 4.71. The van der Waals surface area contributed by atoms with Crippen LogP contribution in [-0.2, 0) is 13.0 Å². The number of aromatic nitrogens is 1. The van der Waals surface area contributed by atoms with Crippen molar-refractivity contribution in [3.63, 3.8) is 0 Å². The highest BCUT2D eigenvalue weighted by Gasteiger charge is 2.14. The number of rotatable bonds is 7. The molecule has 114 valence electrons. The molecule has 0 atom stereocenters. The molecule has 0 saturated carbocycles. The molecular weight excluding hydrogens is 344 g/mol. The van der Waals surface area contributed by atoms with Crippen LogP contribution in [-0.4, -0.2) is 11.5 Å². The van der Waals surface area contributed by atoms with Gasteiger partial charge in [0.2, 0.25) is 0 Å². The minimum atomic E-state index is 0.482. The third-order valence-corrected chi connectivity index (χ3v) is 4.84. The minimum Gasteiger partial charge on any atom is -0.312 e. The van der Waals surface area contributed by atoms with E-state index in [4.69, 9.17) is 4.98 Å². The van der Waals surface area contributed by atoms with Crippen molar-refractivity contribution in [1.82, 2.24) is 10.3 Å². The van der Waals surface area contributed by atoms with Crippen molar-refractivity contribution in [2.75, 3.05) is 6.54 Å². The molecule has 4 heteroatoms. The van der Waals surface area contributed by atoms with Crippen LogP contribution in [0.4, 0.5) is 0 Å². The molecule has 0 unspecified atom stereocenters. The highest BCUT2D eigenvalue weighted by Crippen LogP contribution is 2.27. The molecule has 0 radical (unpaired) electrons. The lowest BCUT2D eigenvalue weighted by molar-refractivity contribution is 0.670. The van der Waals surface area contributed by atoms with Crippen LogP contribution in [0.2, 0.25) is 0 Å². The number of thiazole rings is 1. The van der Waals surface area contributed by atoms with Gasteiger partial charge in [0.05, 0.1) is 10.7 Å². The van der Waals surface area contributed by atoms with E-state index in [0.717, 1.165) is 24.0 Å². The predicted octanol–water partition coefficient (Wildman–Crippen LogP) is 5.12. The van der Waals surface area contributed by atoms with Crippen LogP contribution in [0.1, 0.15) is 54.3 Å². The molecule has 0 aliphatic carbocycles. The molecule has 2 nitrogen and oxygen atoms in total. The van der Waals surface area contributed by atoms with Crippen molar-refractivity contribution in [2.24, 2.45) is 0 Å². The second-order valence-electron chi connectivity index (χ2n) is 5.55. The first-order chi connectivity index (χ1) is 10.1. The molecule has 1 N–H and O–H groups in total. The van der Waals surface area contributed by atoms with Crippen LogP contribution in [0.3, 0.4) is 0 Å². The molecule has 0 bridgehead atoms. The van der Waals surface area contributed by atoms with Crippen LogP contribution in [0.15, 0.2) is 28.7 Å². The summed E-state index contributed by atoms with van der Waals surface area (Å²) >= 11 is 5.38. The number of nitrogens with one attached hydrogen (secondary N) is 1. The highest BCUT2D eigenvalue weighted by atomic mass is 79.9.